The molecule has 1 heterocycles. The lowest BCUT2D eigenvalue weighted by Gasteiger charge is -2.18. The van der Waals surface area contributed by atoms with Gasteiger partial charge in [0.25, 0.3) is 0 Å². The molecule has 2 aromatic carbocycles. The molecule has 0 aliphatic carbocycles. The van der Waals surface area contributed by atoms with Crippen LogP contribution in [0.1, 0.15) is 30.5 Å². The fourth-order valence-electron chi connectivity index (χ4n) is 3.11. The molecule has 28 heavy (non-hydrogen) atoms. The molecule has 3 rings (SSSR count). The van der Waals surface area contributed by atoms with Crippen LogP contribution in [0.5, 0.6) is 5.75 Å². The van der Waals surface area contributed by atoms with Gasteiger partial charge in [0, 0.05) is 5.56 Å². The van der Waals surface area contributed by atoms with Crippen molar-refractivity contribution in [2.24, 2.45) is 0 Å². The fourth-order valence-corrected chi connectivity index (χ4v) is 3.31. The highest BCUT2D eigenvalue weighted by Gasteiger charge is 2.16. The first kappa shape index (κ1) is 19.8. The van der Waals surface area contributed by atoms with E-state index in [1.807, 2.05) is 62.4 Å². The number of methoxy groups -OCH3 is 1. The lowest BCUT2D eigenvalue weighted by molar-refractivity contribution is -0.122. The van der Waals surface area contributed by atoms with Gasteiger partial charge in [0.1, 0.15) is 12.3 Å². The van der Waals surface area contributed by atoms with Gasteiger partial charge in [0.15, 0.2) is 10.6 Å². The van der Waals surface area contributed by atoms with Crippen LogP contribution < -0.4 is 10.1 Å². The second-order valence-electron chi connectivity index (χ2n) is 6.61. The molecule has 0 fully saturated rings. The summed E-state index contributed by atoms with van der Waals surface area (Å²) >= 11 is 5.34. The quantitative estimate of drug-likeness (QED) is 0.588. The summed E-state index contributed by atoms with van der Waals surface area (Å²) < 4.78 is 7.34. The van der Waals surface area contributed by atoms with Gasteiger partial charge in [-0.25, -0.2) is 0 Å². The van der Waals surface area contributed by atoms with Crippen LogP contribution in [0.2, 0.25) is 0 Å². The molecule has 7 heteroatoms. The fraction of sp³-hybridized carbons (Fsp3) is 0.286. The number of benzene rings is 2. The summed E-state index contributed by atoms with van der Waals surface area (Å²) in [6.45, 7) is 4.16. The molecule has 0 unspecified atom stereocenters. The number of ether oxygens (including phenoxy) is 1. The summed E-state index contributed by atoms with van der Waals surface area (Å²) in [4.78, 5) is 12.7. The van der Waals surface area contributed by atoms with Gasteiger partial charge in [0.05, 0.1) is 13.2 Å². The van der Waals surface area contributed by atoms with Crippen LogP contribution in [0, 0.1) is 11.7 Å². The summed E-state index contributed by atoms with van der Waals surface area (Å²) in [5.41, 5.74) is 3.07. The molecule has 6 nitrogen and oxygen atoms in total. The Morgan fingerprint density at radius 2 is 2.04 bits per heavy atom. The van der Waals surface area contributed by atoms with E-state index in [-0.39, 0.29) is 18.5 Å². The molecule has 1 atom stereocenters. The number of nitrogens with one attached hydrogen (secondary N) is 2. The second-order valence-corrected chi connectivity index (χ2v) is 7.00. The lowest BCUT2D eigenvalue weighted by atomic mass is 10.0. The Morgan fingerprint density at radius 3 is 2.68 bits per heavy atom. The van der Waals surface area contributed by atoms with E-state index in [9.17, 15) is 4.79 Å². The van der Waals surface area contributed by atoms with Crippen molar-refractivity contribution in [3.63, 3.8) is 0 Å². The van der Waals surface area contributed by atoms with Crippen molar-refractivity contribution in [2.75, 3.05) is 7.11 Å². The molecule has 1 aromatic heterocycles. The van der Waals surface area contributed by atoms with Gasteiger partial charge in [-0.05, 0) is 49.3 Å². The number of hydrogen-bond acceptors (Lipinski definition) is 4. The summed E-state index contributed by atoms with van der Waals surface area (Å²) in [5, 5.41) is 10.2. The minimum atomic E-state index is -0.117. The van der Waals surface area contributed by atoms with Gasteiger partial charge in [0.2, 0.25) is 5.91 Å². The lowest BCUT2D eigenvalue weighted by Crippen LogP contribution is -2.31. The molecule has 0 aliphatic rings. The molecule has 1 amide bonds. The first-order chi connectivity index (χ1) is 13.5. The number of rotatable bonds is 7. The van der Waals surface area contributed by atoms with E-state index >= 15 is 0 Å². The van der Waals surface area contributed by atoms with E-state index in [4.69, 9.17) is 17.0 Å². The Balaban J connectivity index is 1.77. The van der Waals surface area contributed by atoms with Gasteiger partial charge in [-0.2, -0.15) is 5.10 Å². The zero-order valence-corrected chi connectivity index (χ0v) is 17.0. The monoisotopic (exact) mass is 396 g/mol. The summed E-state index contributed by atoms with van der Waals surface area (Å²) in [5.74, 6) is 1.33. The number of H-pyrrole nitrogens is 1. The number of aromatic nitrogens is 3. The molecular weight excluding hydrogens is 372 g/mol. The Kier molecular flexibility index (Phi) is 6.26. The number of carbonyl (C=O) groups excluding carboxylic acids is 1. The number of amides is 1. The molecule has 0 spiro atoms. The smallest absolute Gasteiger partial charge is 0.240 e. The third-order valence-electron chi connectivity index (χ3n) is 4.60. The van der Waals surface area contributed by atoms with E-state index in [2.05, 4.69) is 15.5 Å². The van der Waals surface area contributed by atoms with Crippen LogP contribution >= 0.6 is 12.2 Å². The SMILES string of the molecule is CC[C@@H](NC(=O)Cn1c(-c2cccc(C)c2)n[nH]c1=S)c1ccc(OC)cc1. The van der Waals surface area contributed by atoms with Gasteiger partial charge >= 0.3 is 0 Å². The van der Waals surface area contributed by atoms with Crippen LogP contribution in [0.3, 0.4) is 0 Å². The second kappa shape index (κ2) is 8.84. The zero-order valence-electron chi connectivity index (χ0n) is 16.2. The van der Waals surface area contributed by atoms with Crippen molar-refractivity contribution >= 4 is 18.1 Å². The zero-order chi connectivity index (χ0) is 20.1. The predicted molar refractivity (Wildman–Crippen MR) is 112 cm³/mol. The Bertz CT molecular complexity index is 1010. The third-order valence-corrected chi connectivity index (χ3v) is 4.91. The first-order valence-electron chi connectivity index (χ1n) is 9.17. The van der Waals surface area contributed by atoms with Crippen molar-refractivity contribution < 1.29 is 9.53 Å². The third kappa shape index (κ3) is 4.48. The molecule has 0 radical (unpaired) electrons. The minimum Gasteiger partial charge on any atom is -0.497 e. The van der Waals surface area contributed by atoms with Crippen molar-refractivity contribution in [1.29, 1.82) is 0 Å². The highest BCUT2D eigenvalue weighted by atomic mass is 32.1. The summed E-state index contributed by atoms with van der Waals surface area (Å²) in [6.07, 6.45) is 0.777. The van der Waals surface area contributed by atoms with Crippen LogP contribution in [0.4, 0.5) is 0 Å². The van der Waals surface area contributed by atoms with E-state index in [1.165, 1.54) is 0 Å². The predicted octanol–water partition coefficient (Wildman–Crippen LogP) is 4.19. The number of carbonyl (C=O) groups is 1. The Morgan fingerprint density at radius 1 is 1.29 bits per heavy atom. The Hall–Kier alpha value is -2.93. The van der Waals surface area contributed by atoms with Crippen LogP contribution in [0.15, 0.2) is 48.5 Å². The summed E-state index contributed by atoms with van der Waals surface area (Å²) in [6, 6.07) is 15.6. The number of aromatic amines is 1. The minimum absolute atomic E-state index is 0.0816. The van der Waals surface area contributed by atoms with Crippen molar-refractivity contribution in [2.45, 2.75) is 32.9 Å². The molecule has 0 aliphatic heterocycles. The van der Waals surface area contributed by atoms with Crippen molar-refractivity contribution in [3.05, 3.63) is 64.4 Å². The standard InChI is InChI=1S/C21H24N4O2S/c1-4-18(15-8-10-17(27-3)11-9-15)22-19(26)13-25-20(23-24-21(25)28)16-7-5-6-14(2)12-16/h5-12,18H,4,13H2,1-3H3,(H,22,26)(H,24,28)/t18-/m1/s1. The first-order valence-corrected chi connectivity index (χ1v) is 9.58. The van der Waals surface area contributed by atoms with Crippen LogP contribution in [-0.4, -0.2) is 27.8 Å². The molecule has 146 valence electrons. The Labute approximate surface area is 169 Å². The number of hydrogen-bond donors (Lipinski definition) is 2. The highest BCUT2D eigenvalue weighted by Crippen LogP contribution is 2.21. The van der Waals surface area contributed by atoms with Crippen LogP contribution in [-0.2, 0) is 11.3 Å². The van der Waals surface area contributed by atoms with Gasteiger partial charge < -0.3 is 10.1 Å². The molecule has 2 N–H and O–H groups in total. The molecular formula is C21H24N4O2S. The number of nitrogens with zero attached hydrogens (tertiary/aromatic N) is 2. The van der Waals surface area contributed by atoms with Crippen molar-refractivity contribution in [3.8, 4) is 17.1 Å². The van der Waals surface area contributed by atoms with E-state index in [1.54, 1.807) is 11.7 Å². The molecule has 0 saturated carbocycles. The normalized spacial score (nSPS) is 11.8. The molecule has 3 aromatic rings. The van der Waals surface area contributed by atoms with E-state index < -0.39 is 0 Å². The highest BCUT2D eigenvalue weighted by molar-refractivity contribution is 7.71. The molecule has 0 saturated heterocycles. The van der Waals surface area contributed by atoms with E-state index in [0.29, 0.717) is 10.6 Å². The largest absolute Gasteiger partial charge is 0.497 e. The maximum Gasteiger partial charge on any atom is 0.240 e. The van der Waals surface area contributed by atoms with Crippen molar-refractivity contribution in [1.82, 2.24) is 20.1 Å². The maximum absolute atomic E-state index is 12.7. The van der Waals surface area contributed by atoms with Gasteiger partial charge in [-0.15, -0.1) is 0 Å². The number of aryl methyl sites for hydroxylation is 1. The average Bonchev–Trinajstić information content (AvgIpc) is 3.06. The summed E-state index contributed by atoms with van der Waals surface area (Å²) in [7, 11) is 1.63. The topological polar surface area (TPSA) is 71.9 Å². The van der Waals surface area contributed by atoms with E-state index in [0.717, 1.165) is 28.9 Å². The van der Waals surface area contributed by atoms with Crippen LogP contribution in [0.25, 0.3) is 11.4 Å². The average molecular weight is 397 g/mol. The van der Waals surface area contributed by atoms with Gasteiger partial charge in [-0.3, -0.25) is 14.5 Å². The van der Waals surface area contributed by atoms with Gasteiger partial charge in [-0.1, -0.05) is 42.8 Å². The molecule has 0 bridgehead atoms. The maximum atomic E-state index is 12.7.